The summed E-state index contributed by atoms with van der Waals surface area (Å²) in [5.74, 6) is -0.991. The van der Waals surface area contributed by atoms with Crippen LogP contribution in [-0.4, -0.2) is 142 Å². The number of carbonyl (C=O) groups excluding carboxylic acids is 2. The first-order valence-electron chi connectivity index (χ1n) is 14.6. The smallest absolute Gasteiger partial charge is 0.306 e. The first kappa shape index (κ1) is 36.7. The van der Waals surface area contributed by atoms with Crippen molar-refractivity contribution in [2.75, 3.05) is 26.4 Å². The summed E-state index contributed by atoms with van der Waals surface area (Å²) in [7, 11) is 0. The van der Waals surface area contributed by atoms with Gasteiger partial charge in [0.05, 0.1) is 19.8 Å². The maximum atomic E-state index is 12.4. The number of ether oxygens (including phenoxy) is 6. The Hall–Kier alpha value is -1.50. The van der Waals surface area contributed by atoms with Gasteiger partial charge in [0.1, 0.15) is 55.4 Å². The average Bonchev–Trinajstić information content (AvgIpc) is 2.98. The van der Waals surface area contributed by atoms with E-state index >= 15 is 0 Å². The minimum absolute atomic E-state index is 0.158. The van der Waals surface area contributed by atoms with Gasteiger partial charge in [0, 0.05) is 12.8 Å². The van der Waals surface area contributed by atoms with Crippen LogP contribution < -0.4 is 0 Å². The molecule has 2 saturated heterocycles. The Morgan fingerprint density at radius 1 is 0.667 bits per heavy atom. The lowest BCUT2D eigenvalue weighted by Gasteiger charge is -2.42. The second kappa shape index (κ2) is 19.0. The first-order chi connectivity index (χ1) is 20.0. The lowest BCUT2D eigenvalue weighted by molar-refractivity contribution is -0.332. The second-order valence-electron chi connectivity index (χ2n) is 10.6. The van der Waals surface area contributed by atoms with Gasteiger partial charge in [0.2, 0.25) is 0 Å². The number of esters is 2. The van der Waals surface area contributed by atoms with Crippen molar-refractivity contribution in [3.8, 4) is 0 Å². The Labute approximate surface area is 245 Å². The number of hydrogen-bond donors (Lipinski definition) is 7. The second-order valence-corrected chi connectivity index (χ2v) is 10.6. The number of unbranched alkanes of at least 4 members (excludes halogenated alkanes) is 4. The van der Waals surface area contributed by atoms with Crippen LogP contribution in [0.3, 0.4) is 0 Å². The predicted octanol–water partition coefficient (Wildman–Crippen LogP) is -1.76. The normalized spacial score (nSPS) is 34.1. The molecule has 0 amide bonds. The van der Waals surface area contributed by atoms with Crippen molar-refractivity contribution in [1.82, 2.24) is 0 Å². The van der Waals surface area contributed by atoms with Crippen molar-refractivity contribution >= 4 is 11.9 Å². The summed E-state index contributed by atoms with van der Waals surface area (Å²) in [5.41, 5.74) is 0. The van der Waals surface area contributed by atoms with E-state index in [9.17, 15) is 45.3 Å². The Morgan fingerprint density at radius 3 is 1.86 bits per heavy atom. The standard InChI is InChI=1S/C27H48O15/c1-3-5-7-8-10-19(30)40-15(12-37-18(29)9-6-4-2)13-38-26-25(36)23(34)21(32)17(42-26)14-39-27-24(35)22(33)20(31)16(11-28)41-27/h15-17,20-28,31-36H,3-14H2,1-2H3. The van der Waals surface area contributed by atoms with Crippen LogP contribution in [0, 0.1) is 0 Å². The molecule has 2 aliphatic heterocycles. The van der Waals surface area contributed by atoms with Gasteiger partial charge in [-0.25, -0.2) is 0 Å². The topological polar surface area (TPSA) is 231 Å². The molecule has 0 aromatic heterocycles. The van der Waals surface area contributed by atoms with E-state index in [-0.39, 0.29) is 26.1 Å². The van der Waals surface area contributed by atoms with Gasteiger partial charge in [0.15, 0.2) is 18.7 Å². The average molecular weight is 613 g/mol. The van der Waals surface area contributed by atoms with Gasteiger partial charge < -0.3 is 64.2 Å². The molecule has 246 valence electrons. The molecule has 11 unspecified atom stereocenters. The quantitative estimate of drug-likeness (QED) is 0.0671. The van der Waals surface area contributed by atoms with Gasteiger partial charge in [-0.2, -0.15) is 0 Å². The molecular weight excluding hydrogens is 564 g/mol. The maximum Gasteiger partial charge on any atom is 0.306 e. The fourth-order valence-corrected chi connectivity index (χ4v) is 4.43. The molecule has 0 saturated carbocycles. The molecular formula is C27H48O15. The molecule has 15 heteroatoms. The Bertz CT molecular complexity index is 783. The summed E-state index contributed by atoms with van der Waals surface area (Å²) < 4.78 is 32.5. The zero-order chi connectivity index (χ0) is 31.2. The number of carbonyl (C=O) groups is 2. The highest BCUT2D eigenvalue weighted by atomic mass is 16.7. The molecule has 42 heavy (non-hydrogen) atoms. The van der Waals surface area contributed by atoms with Gasteiger partial charge in [-0.1, -0.05) is 39.5 Å². The van der Waals surface area contributed by atoms with E-state index in [0.29, 0.717) is 12.8 Å². The summed E-state index contributed by atoms with van der Waals surface area (Å²) in [6.45, 7) is 2.08. The number of aliphatic hydroxyl groups excluding tert-OH is 7. The number of hydrogen-bond acceptors (Lipinski definition) is 15. The minimum atomic E-state index is -1.75. The van der Waals surface area contributed by atoms with E-state index in [2.05, 4.69) is 0 Å². The molecule has 2 aliphatic rings. The van der Waals surface area contributed by atoms with E-state index in [1.165, 1.54) is 0 Å². The summed E-state index contributed by atoms with van der Waals surface area (Å²) in [6, 6.07) is 0. The molecule has 0 aromatic carbocycles. The molecule has 2 fully saturated rings. The van der Waals surface area contributed by atoms with Crippen LogP contribution in [0.25, 0.3) is 0 Å². The van der Waals surface area contributed by atoms with Crippen molar-refractivity contribution in [1.29, 1.82) is 0 Å². The van der Waals surface area contributed by atoms with Crippen molar-refractivity contribution < 1.29 is 73.8 Å². The molecule has 11 atom stereocenters. The van der Waals surface area contributed by atoms with Crippen molar-refractivity contribution in [2.24, 2.45) is 0 Å². The zero-order valence-electron chi connectivity index (χ0n) is 24.2. The highest BCUT2D eigenvalue weighted by molar-refractivity contribution is 5.70. The van der Waals surface area contributed by atoms with E-state index in [1.807, 2.05) is 13.8 Å². The van der Waals surface area contributed by atoms with E-state index in [0.717, 1.165) is 25.7 Å². The molecule has 0 radical (unpaired) electrons. The van der Waals surface area contributed by atoms with Crippen LogP contribution >= 0.6 is 0 Å². The Balaban J connectivity index is 1.99. The predicted molar refractivity (Wildman–Crippen MR) is 141 cm³/mol. The third-order valence-corrected chi connectivity index (χ3v) is 7.09. The molecule has 0 aromatic rings. The zero-order valence-corrected chi connectivity index (χ0v) is 24.2. The van der Waals surface area contributed by atoms with Crippen LogP contribution in [-0.2, 0) is 38.0 Å². The van der Waals surface area contributed by atoms with Crippen LogP contribution in [0.2, 0.25) is 0 Å². The molecule has 2 heterocycles. The van der Waals surface area contributed by atoms with Gasteiger partial charge in [-0.15, -0.1) is 0 Å². The van der Waals surface area contributed by atoms with Gasteiger partial charge in [-0.3, -0.25) is 9.59 Å². The summed E-state index contributed by atoms with van der Waals surface area (Å²) in [5, 5.41) is 70.6. The molecule has 0 spiro atoms. The van der Waals surface area contributed by atoms with Gasteiger partial charge in [-0.05, 0) is 12.8 Å². The van der Waals surface area contributed by atoms with Crippen LogP contribution in [0.5, 0.6) is 0 Å². The van der Waals surface area contributed by atoms with Crippen LogP contribution in [0.15, 0.2) is 0 Å². The highest BCUT2D eigenvalue weighted by Crippen LogP contribution is 2.26. The first-order valence-corrected chi connectivity index (χ1v) is 14.6. The number of aliphatic hydroxyl groups is 7. The van der Waals surface area contributed by atoms with E-state index in [1.54, 1.807) is 0 Å². The van der Waals surface area contributed by atoms with Crippen LogP contribution in [0.4, 0.5) is 0 Å². The molecule has 15 nitrogen and oxygen atoms in total. The van der Waals surface area contributed by atoms with Gasteiger partial charge in [0.25, 0.3) is 0 Å². The maximum absolute atomic E-state index is 12.4. The lowest BCUT2D eigenvalue weighted by atomic mass is 9.98. The largest absolute Gasteiger partial charge is 0.462 e. The molecule has 7 N–H and O–H groups in total. The van der Waals surface area contributed by atoms with E-state index in [4.69, 9.17) is 28.4 Å². The summed E-state index contributed by atoms with van der Waals surface area (Å²) in [4.78, 5) is 24.4. The monoisotopic (exact) mass is 612 g/mol. The molecule has 0 bridgehead atoms. The third-order valence-electron chi connectivity index (χ3n) is 7.09. The lowest BCUT2D eigenvalue weighted by Crippen LogP contribution is -2.61. The van der Waals surface area contributed by atoms with Crippen molar-refractivity contribution in [3.63, 3.8) is 0 Å². The SMILES string of the molecule is CCCCCCC(=O)OC(COC(=O)CCCC)COC1OC(COC2OC(CO)C(O)C(O)C2O)C(O)C(O)C1O. The van der Waals surface area contributed by atoms with Crippen molar-refractivity contribution in [3.05, 3.63) is 0 Å². The summed E-state index contributed by atoms with van der Waals surface area (Å²) in [6.07, 6.45) is -11.6. The highest BCUT2D eigenvalue weighted by Gasteiger charge is 2.47. The molecule has 2 rings (SSSR count). The molecule has 0 aliphatic carbocycles. The number of rotatable bonds is 18. The minimum Gasteiger partial charge on any atom is -0.462 e. The summed E-state index contributed by atoms with van der Waals surface area (Å²) >= 11 is 0. The third kappa shape index (κ3) is 11.2. The fourth-order valence-electron chi connectivity index (χ4n) is 4.43. The van der Waals surface area contributed by atoms with E-state index < -0.39 is 92.7 Å². The van der Waals surface area contributed by atoms with Gasteiger partial charge >= 0.3 is 11.9 Å². The Kier molecular flexibility index (Phi) is 16.6. The Morgan fingerprint density at radius 2 is 1.24 bits per heavy atom. The van der Waals surface area contributed by atoms with Crippen molar-refractivity contribution in [2.45, 2.75) is 133 Å². The fraction of sp³-hybridized carbons (Fsp3) is 0.926. The van der Waals surface area contributed by atoms with Crippen LogP contribution in [0.1, 0.15) is 65.2 Å².